The lowest BCUT2D eigenvalue weighted by Gasteiger charge is -2.23. The Morgan fingerprint density at radius 1 is 1.24 bits per heavy atom. The van der Waals surface area contributed by atoms with Gasteiger partial charge in [0.05, 0.1) is 0 Å². The van der Waals surface area contributed by atoms with Gasteiger partial charge in [-0.2, -0.15) is 0 Å². The molecular weight excluding hydrogens is 220 g/mol. The van der Waals surface area contributed by atoms with Crippen LogP contribution >= 0.6 is 0 Å². The van der Waals surface area contributed by atoms with Crippen LogP contribution in [0.15, 0.2) is 0 Å². The van der Waals surface area contributed by atoms with E-state index in [4.69, 9.17) is 5.11 Å². The average Bonchev–Trinajstić information content (AvgIpc) is 2.29. The summed E-state index contributed by atoms with van der Waals surface area (Å²) in [5.41, 5.74) is 0. The largest absolute Gasteiger partial charge is 0.480 e. The summed E-state index contributed by atoms with van der Waals surface area (Å²) in [6.45, 7) is 7.13. The van der Waals surface area contributed by atoms with Gasteiger partial charge in [-0.15, -0.1) is 0 Å². The summed E-state index contributed by atoms with van der Waals surface area (Å²) >= 11 is 0. The fraction of sp³-hybridized carbons (Fsp3) is 0.833. The van der Waals surface area contributed by atoms with Gasteiger partial charge in [-0.1, -0.05) is 26.7 Å². The van der Waals surface area contributed by atoms with Crippen LogP contribution in [0.4, 0.5) is 4.79 Å². The average molecular weight is 244 g/mol. The van der Waals surface area contributed by atoms with Gasteiger partial charge in [-0.25, -0.2) is 9.59 Å². The number of aliphatic carboxylic acids is 1. The molecule has 2 amide bonds. The lowest BCUT2D eigenvalue weighted by molar-refractivity contribution is -0.139. The summed E-state index contributed by atoms with van der Waals surface area (Å²) in [6.07, 6.45) is 3.15. The number of nitrogens with one attached hydrogen (secondary N) is 1. The smallest absolute Gasteiger partial charge is 0.326 e. The Morgan fingerprint density at radius 2 is 1.88 bits per heavy atom. The van der Waals surface area contributed by atoms with E-state index in [1.165, 1.54) is 0 Å². The fourth-order valence-corrected chi connectivity index (χ4v) is 1.54. The number of hydrogen-bond donors (Lipinski definition) is 2. The van der Waals surface area contributed by atoms with Crippen molar-refractivity contribution in [3.8, 4) is 0 Å². The Balaban J connectivity index is 4.30. The quantitative estimate of drug-likeness (QED) is 0.686. The van der Waals surface area contributed by atoms with Crippen LogP contribution in [-0.2, 0) is 4.79 Å². The highest BCUT2D eigenvalue weighted by molar-refractivity contribution is 5.82. The van der Waals surface area contributed by atoms with Crippen LogP contribution in [-0.4, -0.2) is 41.1 Å². The van der Waals surface area contributed by atoms with E-state index in [0.717, 1.165) is 19.3 Å². The maximum absolute atomic E-state index is 11.8. The second kappa shape index (κ2) is 8.84. The Hall–Kier alpha value is -1.26. The molecule has 5 nitrogen and oxygen atoms in total. The van der Waals surface area contributed by atoms with Crippen molar-refractivity contribution in [2.75, 3.05) is 13.1 Å². The topological polar surface area (TPSA) is 69.6 Å². The molecule has 0 aromatic carbocycles. The molecule has 0 rings (SSSR count). The third-order valence-electron chi connectivity index (χ3n) is 2.62. The molecule has 1 atom stereocenters. The molecule has 0 heterocycles. The molecule has 0 saturated carbocycles. The van der Waals surface area contributed by atoms with E-state index in [1.807, 2.05) is 13.8 Å². The van der Waals surface area contributed by atoms with Gasteiger partial charge in [-0.3, -0.25) is 0 Å². The van der Waals surface area contributed by atoms with E-state index in [-0.39, 0.29) is 6.03 Å². The predicted octanol–water partition coefficient (Wildman–Crippen LogP) is 2.07. The van der Waals surface area contributed by atoms with E-state index in [9.17, 15) is 9.59 Å². The summed E-state index contributed by atoms with van der Waals surface area (Å²) in [7, 11) is 0. The molecule has 0 radical (unpaired) electrons. The van der Waals surface area contributed by atoms with Gasteiger partial charge in [0.2, 0.25) is 0 Å². The molecule has 0 aromatic heterocycles. The molecule has 0 aliphatic heterocycles. The van der Waals surface area contributed by atoms with Crippen molar-refractivity contribution >= 4 is 12.0 Å². The van der Waals surface area contributed by atoms with Crippen LogP contribution in [0.5, 0.6) is 0 Å². The molecular formula is C12H24N2O3. The number of rotatable bonds is 8. The van der Waals surface area contributed by atoms with Gasteiger partial charge >= 0.3 is 12.0 Å². The first-order valence-corrected chi connectivity index (χ1v) is 6.34. The molecule has 0 aliphatic carbocycles. The van der Waals surface area contributed by atoms with Crippen molar-refractivity contribution in [2.24, 2.45) is 0 Å². The molecule has 0 unspecified atom stereocenters. The maximum Gasteiger partial charge on any atom is 0.326 e. The number of urea groups is 1. The lowest BCUT2D eigenvalue weighted by Crippen LogP contribution is -2.48. The van der Waals surface area contributed by atoms with E-state index < -0.39 is 12.0 Å². The van der Waals surface area contributed by atoms with Crippen molar-refractivity contribution in [1.29, 1.82) is 0 Å². The minimum Gasteiger partial charge on any atom is -0.480 e. The second-order valence-corrected chi connectivity index (χ2v) is 4.06. The normalized spacial score (nSPS) is 11.9. The van der Waals surface area contributed by atoms with Crippen LogP contribution in [0.2, 0.25) is 0 Å². The third kappa shape index (κ3) is 6.14. The number of carbonyl (C=O) groups is 2. The lowest BCUT2D eigenvalue weighted by atomic mass is 10.2. The molecule has 5 heteroatoms. The van der Waals surface area contributed by atoms with Gasteiger partial charge in [0.1, 0.15) is 6.04 Å². The molecule has 0 saturated heterocycles. The monoisotopic (exact) mass is 244 g/mol. The summed E-state index contributed by atoms with van der Waals surface area (Å²) in [4.78, 5) is 24.4. The van der Waals surface area contributed by atoms with Gasteiger partial charge in [0.25, 0.3) is 0 Å². The van der Waals surface area contributed by atoms with Crippen molar-refractivity contribution in [2.45, 2.75) is 52.5 Å². The Bertz CT molecular complexity index is 244. The molecule has 0 spiro atoms. The van der Waals surface area contributed by atoms with Crippen LogP contribution in [0, 0.1) is 0 Å². The number of hydrogen-bond acceptors (Lipinski definition) is 2. The Morgan fingerprint density at radius 3 is 2.29 bits per heavy atom. The number of carboxylic acids is 1. The second-order valence-electron chi connectivity index (χ2n) is 4.06. The van der Waals surface area contributed by atoms with Crippen molar-refractivity contribution in [3.63, 3.8) is 0 Å². The van der Waals surface area contributed by atoms with E-state index in [0.29, 0.717) is 19.5 Å². The molecule has 0 bridgehead atoms. The zero-order valence-corrected chi connectivity index (χ0v) is 11.0. The van der Waals surface area contributed by atoms with E-state index in [1.54, 1.807) is 4.90 Å². The number of amides is 2. The van der Waals surface area contributed by atoms with Gasteiger partial charge in [0.15, 0.2) is 0 Å². The molecule has 0 aliphatic rings. The predicted molar refractivity (Wildman–Crippen MR) is 67.0 cm³/mol. The SMILES string of the molecule is CCCCN(CC)C(=O)N[C@H](CCC)C(=O)O. The number of carbonyl (C=O) groups excluding carboxylic acids is 1. The Kier molecular flexibility index (Phi) is 8.19. The maximum atomic E-state index is 11.8. The summed E-state index contributed by atoms with van der Waals surface area (Å²) in [6, 6.07) is -1.05. The molecule has 17 heavy (non-hydrogen) atoms. The van der Waals surface area contributed by atoms with E-state index in [2.05, 4.69) is 12.2 Å². The Labute approximate surface area is 103 Å². The fourth-order valence-electron chi connectivity index (χ4n) is 1.54. The van der Waals surface area contributed by atoms with Crippen LogP contribution in [0.3, 0.4) is 0 Å². The van der Waals surface area contributed by atoms with E-state index >= 15 is 0 Å². The first-order chi connectivity index (χ1) is 8.06. The summed E-state index contributed by atoms with van der Waals surface area (Å²) in [5.74, 6) is -0.966. The highest BCUT2D eigenvalue weighted by Crippen LogP contribution is 2.00. The van der Waals surface area contributed by atoms with Gasteiger partial charge in [-0.05, 0) is 19.8 Å². The third-order valence-corrected chi connectivity index (χ3v) is 2.62. The summed E-state index contributed by atoms with van der Waals surface area (Å²) in [5, 5.41) is 11.5. The molecule has 0 aromatic rings. The first kappa shape index (κ1) is 15.7. The minimum atomic E-state index is -0.966. The summed E-state index contributed by atoms with van der Waals surface area (Å²) < 4.78 is 0. The molecule has 2 N–H and O–H groups in total. The van der Waals surface area contributed by atoms with Crippen molar-refractivity contribution in [1.82, 2.24) is 10.2 Å². The zero-order chi connectivity index (χ0) is 13.3. The number of nitrogens with zero attached hydrogens (tertiary/aromatic N) is 1. The number of unbranched alkanes of at least 4 members (excludes halogenated alkanes) is 1. The van der Waals surface area contributed by atoms with Crippen LogP contribution in [0.1, 0.15) is 46.5 Å². The molecule has 100 valence electrons. The van der Waals surface area contributed by atoms with Crippen LogP contribution < -0.4 is 5.32 Å². The zero-order valence-electron chi connectivity index (χ0n) is 11.0. The van der Waals surface area contributed by atoms with Gasteiger partial charge in [0, 0.05) is 13.1 Å². The standard InChI is InChI=1S/C12H24N2O3/c1-4-7-9-14(6-3)12(17)13-10(8-5-2)11(15)16/h10H,4-9H2,1-3H3,(H,13,17)(H,15,16)/t10-/m1/s1. The highest BCUT2D eigenvalue weighted by Gasteiger charge is 2.21. The minimum absolute atomic E-state index is 0.276. The molecule has 0 fully saturated rings. The van der Waals surface area contributed by atoms with Crippen molar-refractivity contribution in [3.05, 3.63) is 0 Å². The number of carboxylic acid groups (broad SMARTS) is 1. The first-order valence-electron chi connectivity index (χ1n) is 6.34. The highest BCUT2D eigenvalue weighted by atomic mass is 16.4. The van der Waals surface area contributed by atoms with Gasteiger partial charge < -0.3 is 15.3 Å². The van der Waals surface area contributed by atoms with Crippen LogP contribution in [0.25, 0.3) is 0 Å². The van der Waals surface area contributed by atoms with Crippen molar-refractivity contribution < 1.29 is 14.7 Å².